The molecule has 1 saturated heterocycles. The number of hydrogen-bond acceptors (Lipinski definition) is 7. The fraction of sp³-hybridized carbons (Fsp3) is 0.370. The number of H-pyrrole nitrogens is 1. The van der Waals surface area contributed by atoms with Gasteiger partial charge in [0.1, 0.15) is 0 Å². The number of hydrogen-bond donors (Lipinski definition) is 3. The number of halogens is 1. The Labute approximate surface area is 214 Å². The van der Waals surface area contributed by atoms with Crippen molar-refractivity contribution in [2.75, 3.05) is 36.1 Å². The maximum Gasteiger partial charge on any atom is 0.295 e. The number of ketones is 1. The zero-order valence-corrected chi connectivity index (χ0v) is 20.5. The van der Waals surface area contributed by atoms with E-state index in [1.54, 1.807) is 22.3 Å². The second-order valence-corrected chi connectivity index (χ2v) is 9.83. The lowest BCUT2D eigenvalue weighted by Gasteiger charge is -2.38. The number of piperazine rings is 1. The largest absolute Gasteiger partial charge is 0.368 e. The Kier molecular flexibility index (Phi) is 6.25. The molecular weight excluding hydrogens is 473 g/mol. The number of hydrazine groups is 2. The van der Waals surface area contributed by atoms with Gasteiger partial charge in [-0.2, -0.15) is 0 Å². The number of fused-ring (bicyclic) bond motifs is 1. The third-order valence-electron chi connectivity index (χ3n) is 7.69. The zero-order chi connectivity index (χ0) is 25.4. The number of carbonyl (C=O) groups is 2. The van der Waals surface area contributed by atoms with Gasteiger partial charge in [0.05, 0.1) is 22.7 Å². The highest BCUT2D eigenvalue weighted by Gasteiger charge is 2.31. The number of Topliss-reactive ketones (excluding diaryl/α,β-unsaturated/α-hetero) is 1. The maximum atomic E-state index is 14.8. The molecule has 3 aliphatic rings. The predicted molar refractivity (Wildman–Crippen MR) is 139 cm³/mol. The molecule has 9 nitrogen and oxygen atoms in total. The molecule has 6 rings (SSSR count). The van der Waals surface area contributed by atoms with Crippen molar-refractivity contribution in [3.05, 3.63) is 66.0 Å². The standard InChI is InChI=1S/C27H30FN7O2/c28-21-17-30-26(35-11-10-31-32-35)24-23(21)20(16-29-24)25(36)27(37)34-14-12-33(13-15-34)22-9-5-4-8-19(22)18-6-2-1-3-7-18/h4-5,8-11,16-18,29,31-32H,1-3,6-7,12-15H2. The van der Waals surface area contributed by atoms with Crippen LogP contribution >= 0.6 is 0 Å². The highest BCUT2D eigenvalue weighted by atomic mass is 19.1. The molecule has 0 radical (unpaired) electrons. The van der Waals surface area contributed by atoms with Gasteiger partial charge in [-0.25, -0.2) is 14.4 Å². The summed E-state index contributed by atoms with van der Waals surface area (Å²) in [5.41, 5.74) is 8.63. The number of benzene rings is 1. The smallest absolute Gasteiger partial charge is 0.295 e. The van der Waals surface area contributed by atoms with Crippen LogP contribution in [0.15, 0.2) is 49.1 Å². The van der Waals surface area contributed by atoms with Gasteiger partial charge in [-0.15, -0.1) is 5.53 Å². The Morgan fingerprint density at radius 2 is 1.81 bits per heavy atom. The number of nitrogens with zero attached hydrogens (tertiary/aromatic N) is 4. The van der Waals surface area contributed by atoms with Crippen LogP contribution in [-0.2, 0) is 4.79 Å². The lowest BCUT2D eigenvalue weighted by atomic mass is 9.83. The maximum absolute atomic E-state index is 14.8. The van der Waals surface area contributed by atoms with Crippen LogP contribution < -0.4 is 20.9 Å². The van der Waals surface area contributed by atoms with Crippen molar-refractivity contribution in [2.45, 2.75) is 38.0 Å². The van der Waals surface area contributed by atoms with E-state index < -0.39 is 17.5 Å². The quantitative estimate of drug-likeness (QED) is 0.362. The van der Waals surface area contributed by atoms with Crippen molar-refractivity contribution in [2.24, 2.45) is 0 Å². The predicted octanol–water partition coefficient (Wildman–Crippen LogP) is 3.58. The number of aromatic nitrogens is 2. The Morgan fingerprint density at radius 3 is 2.57 bits per heavy atom. The summed E-state index contributed by atoms with van der Waals surface area (Å²) in [7, 11) is 0. The molecular formula is C27H30FN7O2. The molecule has 0 spiro atoms. The zero-order valence-electron chi connectivity index (χ0n) is 20.5. The molecule has 192 valence electrons. The van der Waals surface area contributed by atoms with Gasteiger partial charge in [0.15, 0.2) is 11.6 Å². The third kappa shape index (κ3) is 4.31. The van der Waals surface area contributed by atoms with Gasteiger partial charge in [0.25, 0.3) is 11.7 Å². The Morgan fingerprint density at radius 1 is 1.03 bits per heavy atom. The van der Waals surface area contributed by atoms with Gasteiger partial charge < -0.3 is 20.2 Å². The summed E-state index contributed by atoms with van der Waals surface area (Å²) in [5, 5.41) is 1.61. The number of nitrogens with one attached hydrogen (secondary N) is 3. The fourth-order valence-electron chi connectivity index (χ4n) is 5.78. The monoisotopic (exact) mass is 503 g/mol. The van der Waals surface area contributed by atoms with Crippen molar-refractivity contribution < 1.29 is 14.0 Å². The van der Waals surface area contributed by atoms with Gasteiger partial charge in [0, 0.05) is 50.5 Å². The molecule has 2 aliphatic heterocycles. The Balaban J connectivity index is 1.18. The molecule has 4 heterocycles. The van der Waals surface area contributed by atoms with E-state index >= 15 is 0 Å². The van der Waals surface area contributed by atoms with Crippen LogP contribution in [-0.4, -0.2) is 52.7 Å². The molecule has 2 aromatic heterocycles. The number of carbonyl (C=O) groups excluding carboxylic acids is 2. The highest BCUT2D eigenvalue weighted by molar-refractivity contribution is 6.45. The normalized spacial score (nSPS) is 18.5. The lowest BCUT2D eigenvalue weighted by molar-refractivity contribution is -0.126. The van der Waals surface area contributed by atoms with Crippen LogP contribution in [0, 0.1) is 5.82 Å². The van der Waals surface area contributed by atoms with Crippen LogP contribution in [0.25, 0.3) is 10.9 Å². The number of amides is 1. The van der Waals surface area contributed by atoms with Gasteiger partial charge in [-0.05, 0) is 30.4 Å². The molecule has 1 amide bonds. The van der Waals surface area contributed by atoms with Gasteiger partial charge >= 0.3 is 0 Å². The van der Waals surface area contributed by atoms with E-state index in [4.69, 9.17) is 0 Å². The summed E-state index contributed by atoms with van der Waals surface area (Å²) in [6, 6.07) is 8.60. The fourth-order valence-corrected chi connectivity index (χ4v) is 5.78. The van der Waals surface area contributed by atoms with Gasteiger partial charge in [-0.1, -0.05) is 37.5 Å². The molecule has 2 fully saturated rings. The minimum Gasteiger partial charge on any atom is -0.368 e. The summed E-state index contributed by atoms with van der Waals surface area (Å²) >= 11 is 0. The Bertz CT molecular complexity index is 1360. The van der Waals surface area contributed by atoms with E-state index in [0.29, 0.717) is 43.4 Å². The molecule has 0 unspecified atom stereocenters. The average Bonchev–Trinajstić information content (AvgIpc) is 3.65. The van der Waals surface area contributed by atoms with E-state index in [9.17, 15) is 14.0 Å². The highest BCUT2D eigenvalue weighted by Crippen LogP contribution is 2.38. The molecule has 0 atom stereocenters. The SMILES string of the molecule is O=C(C(=O)N1CCN(c2ccccc2C2CCCCC2)CC1)c1c[nH]c2c(N3C=CNN3)ncc(F)c12. The molecule has 10 heteroatoms. The molecule has 1 aromatic carbocycles. The number of anilines is 2. The number of para-hydroxylation sites is 1. The van der Waals surface area contributed by atoms with Crippen LogP contribution in [0.5, 0.6) is 0 Å². The van der Waals surface area contributed by atoms with Crippen LogP contribution in [0.3, 0.4) is 0 Å². The first-order valence-electron chi connectivity index (χ1n) is 12.9. The number of aromatic amines is 1. The number of pyridine rings is 1. The summed E-state index contributed by atoms with van der Waals surface area (Å²) < 4.78 is 14.8. The van der Waals surface area contributed by atoms with Crippen molar-refractivity contribution in [3.8, 4) is 0 Å². The van der Waals surface area contributed by atoms with Gasteiger partial charge in [0.2, 0.25) is 0 Å². The molecule has 0 bridgehead atoms. The van der Waals surface area contributed by atoms with E-state index in [1.807, 2.05) is 0 Å². The summed E-state index contributed by atoms with van der Waals surface area (Å²) in [4.78, 5) is 37.4. The van der Waals surface area contributed by atoms with E-state index in [2.05, 4.69) is 50.1 Å². The van der Waals surface area contributed by atoms with Crippen LogP contribution in [0.2, 0.25) is 0 Å². The molecule has 1 saturated carbocycles. The van der Waals surface area contributed by atoms with E-state index in [1.165, 1.54) is 49.6 Å². The summed E-state index contributed by atoms with van der Waals surface area (Å²) in [6.45, 7) is 2.18. The second-order valence-electron chi connectivity index (χ2n) is 9.83. The van der Waals surface area contributed by atoms with E-state index in [0.717, 1.165) is 6.20 Å². The molecule has 3 aromatic rings. The lowest BCUT2D eigenvalue weighted by Crippen LogP contribution is -2.51. The Hall–Kier alpha value is -3.92. The van der Waals surface area contributed by atoms with Gasteiger partial charge in [-0.3, -0.25) is 9.59 Å². The minimum atomic E-state index is -0.721. The number of rotatable bonds is 5. The van der Waals surface area contributed by atoms with Crippen LogP contribution in [0.1, 0.15) is 53.9 Å². The summed E-state index contributed by atoms with van der Waals surface area (Å²) in [6.07, 6.45) is 12.1. The van der Waals surface area contributed by atoms with Crippen molar-refractivity contribution in [1.82, 2.24) is 25.8 Å². The minimum absolute atomic E-state index is 0.0161. The summed E-state index contributed by atoms with van der Waals surface area (Å²) in [5.74, 6) is -1.02. The topological polar surface area (TPSA) is 96.6 Å². The molecule has 3 N–H and O–H groups in total. The average molecular weight is 504 g/mol. The van der Waals surface area contributed by atoms with Crippen molar-refractivity contribution in [3.63, 3.8) is 0 Å². The molecule has 1 aliphatic carbocycles. The van der Waals surface area contributed by atoms with E-state index in [-0.39, 0.29) is 10.9 Å². The third-order valence-corrected chi connectivity index (χ3v) is 7.69. The first-order chi connectivity index (χ1) is 18.1. The first kappa shape index (κ1) is 23.5. The molecule has 37 heavy (non-hydrogen) atoms. The van der Waals surface area contributed by atoms with Crippen molar-refractivity contribution >= 4 is 34.1 Å². The van der Waals surface area contributed by atoms with Crippen LogP contribution in [0.4, 0.5) is 15.9 Å². The second kappa shape index (κ2) is 9.85. The van der Waals surface area contributed by atoms with Crippen molar-refractivity contribution in [1.29, 1.82) is 0 Å². The first-order valence-corrected chi connectivity index (χ1v) is 12.9.